The lowest BCUT2D eigenvalue weighted by atomic mass is 9.98. The number of carbonyl (C=O) groups is 1. The minimum atomic E-state index is -0.703. The second kappa shape index (κ2) is 6.26. The van der Waals surface area contributed by atoms with Crippen LogP contribution in [0.4, 0.5) is 0 Å². The SMILES string of the molecule is COc1ccc(CN2CCCC(C(=O)O)C2)c(Cl)c1. The van der Waals surface area contributed by atoms with Crippen LogP contribution in [-0.2, 0) is 11.3 Å². The largest absolute Gasteiger partial charge is 0.497 e. The Kier molecular flexibility index (Phi) is 4.66. The number of carboxylic acids is 1. The number of halogens is 1. The van der Waals surface area contributed by atoms with Crippen LogP contribution in [0.5, 0.6) is 5.75 Å². The van der Waals surface area contributed by atoms with Gasteiger partial charge in [-0.05, 0) is 37.1 Å². The topological polar surface area (TPSA) is 49.8 Å². The van der Waals surface area contributed by atoms with Crippen LogP contribution in [0.15, 0.2) is 18.2 Å². The average molecular weight is 284 g/mol. The van der Waals surface area contributed by atoms with Gasteiger partial charge in [0.15, 0.2) is 0 Å². The van der Waals surface area contributed by atoms with Gasteiger partial charge in [0.25, 0.3) is 0 Å². The zero-order chi connectivity index (χ0) is 13.8. The number of likely N-dealkylation sites (tertiary alicyclic amines) is 1. The highest BCUT2D eigenvalue weighted by molar-refractivity contribution is 6.31. The summed E-state index contributed by atoms with van der Waals surface area (Å²) in [6.07, 6.45) is 1.69. The first-order valence-electron chi connectivity index (χ1n) is 6.37. The number of carboxylic acid groups (broad SMARTS) is 1. The number of benzene rings is 1. The third-order valence-electron chi connectivity index (χ3n) is 3.51. The van der Waals surface area contributed by atoms with Gasteiger partial charge in [-0.2, -0.15) is 0 Å². The first-order chi connectivity index (χ1) is 9.10. The average Bonchev–Trinajstić information content (AvgIpc) is 2.41. The smallest absolute Gasteiger partial charge is 0.307 e. The zero-order valence-corrected chi connectivity index (χ0v) is 11.7. The minimum absolute atomic E-state index is 0.259. The maximum Gasteiger partial charge on any atom is 0.307 e. The van der Waals surface area contributed by atoms with Crippen LogP contribution in [0.2, 0.25) is 5.02 Å². The van der Waals surface area contributed by atoms with Crippen LogP contribution in [0.3, 0.4) is 0 Å². The van der Waals surface area contributed by atoms with Crippen LogP contribution < -0.4 is 4.74 Å². The van der Waals surface area contributed by atoms with Crippen molar-refractivity contribution in [2.45, 2.75) is 19.4 Å². The monoisotopic (exact) mass is 283 g/mol. The van der Waals surface area contributed by atoms with Crippen molar-refractivity contribution in [1.82, 2.24) is 4.90 Å². The first kappa shape index (κ1) is 14.2. The summed E-state index contributed by atoms with van der Waals surface area (Å²) >= 11 is 6.20. The van der Waals surface area contributed by atoms with E-state index in [0.717, 1.165) is 30.7 Å². The molecule has 0 radical (unpaired) electrons. The molecule has 0 saturated carbocycles. The number of ether oxygens (including phenoxy) is 1. The third-order valence-corrected chi connectivity index (χ3v) is 3.86. The second-order valence-electron chi connectivity index (χ2n) is 4.87. The molecule has 1 aromatic rings. The molecule has 1 heterocycles. The summed E-state index contributed by atoms with van der Waals surface area (Å²) in [4.78, 5) is 13.2. The quantitative estimate of drug-likeness (QED) is 0.923. The molecule has 2 rings (SSSR count). The molecule has 0 aromatic heterocycles. The highest BCUT2D eigenvalue weighted by Crippen LogP contribution is 2.25. The molecule has 1 unspecified atom stereocenters. The van der Waals surface area contributed by atoms with E-state index in [0.29, 0.717) is 18.1 Å². The summed E-state index contributed by atoms with van der Waals surface area (Å²) in [6.45, 7) is 2.20. The molecule has 1 atom stereocenters. The van der Waals surface area contributed by atoms with Gasteiger partial charge in [0.2, 0.25) is 0 Å². The molecule has 1 fully saturated rings. The fourth-order valence-corrected chi connectivity index (χ4v) is 2.66. The number of nitrogens with zero attached hydrogens (tertiary/aromatic N) is 1. The molecule has 4 nitrogen and oxygen atoms in total. The van der Waals surface area contributed by atoms with E-state index in [2.05, 4.69) is 4.90 Å². The Morgan fingerprint density at radius 1 is 1.58 bits per heavy atom. The predicted molar refractivity (Wildman–Crippen MR) is 73.6 cm³/mol. The summed E-state index contributed by atoms with van der Waals surface area (Å²) in [5.41, 5.74) is 1.01. The number of piperidine rings is 1. The van der Waals surface area contributed by atoms with Crippen LogP contribution >= 0.6 is 11.6 Å². The minimum Gasteiger partial charge on any atom is -0.497 e. The molecule has 1 aliphatic rings. The lowest BCUT2D eigenvalue weighted by molar-refractivity contribution is -0.143. The lowest BCUT2D eigenvalue weighted by Crippen LogP contribution is -2.38. The molecule has 104 valence electrons. The van der Waals surface area contributed by atoms with Crippen molar-refractivity contribution in [3.05, 3.63) is 28.8 Å². The Morgan fingerprint density at radius 2 is 2.37 bits per heavy atom. The van der Waals surface area contributed by atoms with E-state index in [4.69, 9.17) is 21.4 Å². The second-order valence-corrected chi connectivity index (χ2v) is 5.28. The van der Waals surface area contributed by atoms with Crippen molar-refractivity contribution >= 4 is 17.6 Å². The van der Waals surface area contributed by atoms with Crippen LogP contribution in [-0.4, -0.2) is 36.2 Å². The maximum atomic E-state index is 11.0. The van der Waals surface area contributed by atoms with Crippen LogP contribution in [0.25, 0.3) is 0 Å². The van der Waals surface area contributed by atoms with Crippen LogP contribution in [0, 0.1) is 5.92 Å². The highest BCUT2D eigenvalue weighted by atomic mass is 35.5. The Bertz CT molecular complexity index is 464. The molecule has 0 aliphatic carbocycles. The standard InChI is InChI=1S/C14H18ClNO3/c1-19-12-5-4-10(13(15)7-12)8-16-6-2-3-11(9-16)14(17)18/h4-5,7,11H,2-3,6,8-9H2,1H3,(H,17,18). The number of hydrogen-bond acceptors (Lipinski definition) is 3. The molecule has 1 aliphatic heterocycles. The van der Waals surface area contributed by atoms with Gasteiger partial charge in [0.05, 0.1) is 13.0 Å². The number of aliphatic carboxylic acids is 1. The van der Waals surface area contributed by atoms with Crippen molar-refractivity contribution in [1.29, 1.82) is 0 Å². The first-order valence-corrected chi connectivity index (χ1v) is 6.75. The molecular weight excluding hydrogens is 266 g/mol. The number of rotatable bonds is 4. The normalized spacial score (nSPS) is 20.2. The highest BCUT2D eigenvalue weighted by Gasteiger charge is 2.25. The summed E-state index contributed by atoms with van der Waals surface area (Å²) in [5, 5.41) is 9.74. The summed E-state index contributed by atoms with van der Waals surface area (Å²) < 4.78 is 5.11. The molecule has 1 saturated heterocycles. The van der Waals surface area contributed by atoms with Gasteiger partial charge in [-0.15, -0.1) is 0 Å². The molecule has 19 heavy (non-hydrogen) atoms. The van der Waals surface area contributed by atoms with Crippen molar-refractivity contribution in [2.75, 3.05) is 20.2 Å². The van der Waals surface area contributed by atoms with Gasteiger partial charge in [-0.3, -0.25) is 9.69 Å². The van der Waals surface area contributed by atoms with Gasteiger partial charge in [-0.1, -0.05) is 17.7 Å². The van der Waals surface area contributed by atoms with E-state index in [9.17, 15) is 4.79 Å². The molecule has 1 N–H and O–H groups in total. The Labute approximate surface area is 117 Å². The van der Waals surface area contributed by atoms with E-state index < -0.39 is 5.97 Å². The Morgan fingerprint density at radius 3 is 3.00 bits per heavy atom. The number of hydrogen-bond donors (Lipinski definition) is 1. The van der Waals surface area contributed by atoms with E-state index in [1.807, 2.05) is 12.1 Å². The van der Waals surface area contributed by atoms with Crippen molar-refractivity contribution in [3.8, 4) is 5.75 Å². The van der Waals surface area contributed by atoms with Gasteiger partial charge in [-0.25, -0.2) is 0 Å². The summed E-state index contributed by atoms with van der Waals surface area (Å²) in [5.74, 6) is -0.230. The van der Waals surface area contributed by atoms with E-state index >= 15 is 0 Å². The van der Waals surface area contributed by atoms with Gasteiger partial charge < -0.3 is 9.84 Å². The van der Waals surface area contributed by atoms with E-state index in [1.165, 1.54) is 0 Å². The summed E-state index contributed by atoms with van der Waals surface area (Å²) in [6, 6.07) is 5.60. The maximum absolute atomic E-state index is 11.0. The van der Waals surface area contributed by atoms with Gasteiger partial charge in [0, 0.05) is 18.1 Å². The van der Waals surface area contributed by atoms with Crippen molar-refractivity contribution in [2.24, 2.45) is 5.92 Å². The van der Waals surface area contributed by atoms with Crippen LogP contribution in [0.1, 0.15) is 18.4 Å². The fraction of sp³-hybridized carbons (Fsp3) is 0.500. The van der Waals surface area contributed by atoms with Gasteiger partial charge >= 0.3 is 5.97 Å². The van der Waals surface area contributed by atoms with Gasteiger partial charge in [0.1, 0.15) is 5.75 Å². The predicted octanol–water partition coefficient (Wildman–Crippen LogP) is 2.65. The number of methoxy groups -OCH3 is 1. The molecular formula is C14H18ClNO3. The lowest BCUT2D eigenvalue weighted by Gasteiger charge is -2.30. The van der Waals surface area contributed by atoms with Crippen molar-refractivity contribution < 1.29 is 14.6 Å². The Balaban J connectivity index is 2.02. The molecule has 1 aromatic carbocycles. The van der Waals surface area contributed by atoms with Crippen molar-refractivity contribution in [3.63, 3.8) is 0 Å². The summed E-state index contributed by atoms with van der Waals surface area (Å²) in [7, 11) is 1.60. The molecule has 0 bridgehead atoms. The fourth-order valence-electron chi connectivity index (χ4n) is 2.42. The van der Waals surface area contributed by atoms with E-state index in [1.54, 1.807) is 13.2 Å². The third kappa shape index (κ3) is 3.61. The molecule has 0 amide bonds. The zero-order valence-electron chi connectivity index (χ0n) is 10.9. The molecule has 0 spiro atoms. The Hall–Kier alpha value is -1.26. The molecule has 5 heteroatoms. The van der Waals surface area contributed by atoms with E-state index in [-0.39, 0.29) is 5.92 Å².